The highest BCUT2D eigenvalue weighted by Crippen LogP contribution is 2.30. The van der Waals surface area contributed by atoms with Crippen LogP contribution >= 0.6 is 0 Å². The summed E-state index contributed by atoms with van der Waals surface area (Å²) >= 11 is 0. The Balaban J connectivity index is 1.55. The Morgan fingerprint density at radius 1 is 0.976 bits per heavy atom. The van der Waals surface area contributed by atoms with E-state index in [9.17, 15) is 13.2 Å². The summed E-state index contributed by atoms with van der Waals surface area (Å²) in [5.41, 5.74) is 0.971. The summed E-state index contributed by atoms with van der Waals surface area (Å²) in [6.07, 6.45) is -1.26. The lowest BCUT2D eigenvalue weighted by Gasteiger charge is -2.34. The van der Waals surface area contributed by atoms with Crippen LogP contribution < -0.4 is 10.1 Å². The van der Waals surface area contributed by atoms with Crippen molar-refractivity contribution < 1.29 is 36.9 Å². The van der Waals surface area contributed by atoms with Crippen molar-refractivity contribution in [2.75, 3.05) is 53.7 Å². The largest absolute Gasteiger partial charge is 0.497 e. The maximum Gasteiger partial charge on any atom is 0.407 e. The standard InChI is InChI=1S/C30H42N2O8S/c1-21(2)15-32(41(34,35)25-12-10-24(36-3)11-13-25)16-28(37-4)27(14-22-8-6-5-7-9-22)31-30(33)40-29-20-39-18-23-17-38-19-26(23)29/h5-13,21,23,26-29H,14-20H2,1-4H3,(H,31,33). The van der Waals surface area contributed by atoms with E-state index in [2.05, 4.69) is 5.32 Å². The smallest absolute Gasteiger partial charge is 0.407 e. The van der Waals surface area contributed by atoms with Crippen LogP contribution in [0, 0.1) is 17.8 Å². The third-order valence-electron chi connectivity index (χ3n) is 7.60. The van der Waals surface area contributed by atoms with Crippen LogP contribution in [-0.2, 0) is 35.4 Å². The van der Waals surface area contributed by atoms with Gasteiger partial charge in [-0.05, 0) is 42.2 Å². The maximum absolute atomic E-state index is 13.8. The van der Waals surface area contributed by atoms with Crippen LogP contribution in [0.25, 0.3) is 0 Å². The predicted octanol–water partition coefficient (Wildman–Crippen LogP) is 3.36. The van der Waals surface area contributed by atoms with E-state index in [-0.39, 0.29) is 35.7 Å². The Labute approximate surface area is 243 Å². The number of fused-ring (bicyclic) bond motifs is 1. The van der Waals surface area contributed by atoms with Gasteiger partial charge in [0, 0.05) is 32.0 Å². The molecule has 226 valence electrons. The van der Waals surface area contributed by atoms with Gasteiger partial charge in [0.1, 0.15) is 11.9 Å². The summed E-state index contributed by atoms with van der Waals surface area (Å²) in [7, 11) is -0.812. The topological polar surface area (TPSA) is 113 Å². The monoisotopic (exact) mass is 590 g/mol. The highest BCUT2D eigenvalue weighted by Gasteiger charge is 2.41. The molecule has 0 bridgehead atoms. The number of carbonyl (C=O) groups is 1. The quantitative estimate of drug-likeness (QED) is 0.378. The SMILES string of the molecule is COc1ccc(S(=O)(=O)N(CC(C)C)CC(OC)C(Cc2ccccc2)NC(=O)OC2COCC3COCC32)cc1. The molecule has 2 aromatic carbocycles. The number of rotatable bonds is 13. The van der Waals surface area contributed by atoms with E-state index in [1.807, 2.05) is 44.2 Å². The van der Waals surface area contributed by atoms with Crippen molar-refractivity contribution in [1.29, 1.82) is 0 Å². The number of hydrogen-bond donors (Lipinski definition) is 1. The van der Waals surface area contributed by atoms with E-state index in [1.165, 1.54) is 30.7 Å². The van der Waals surface area contributed by atoms with Crippen LogP contribution in [0.15, 0.2) is 59.5 Å². The molecule has 11 heteroatoms. The molecule has 2 saturated heterocycles. The molecule has 2 aromatic rings. The first-order chi connectivity index (χ1) is 19.7. The number of amides is 1. The summed E-state index contributed by atoms with van der Waals surface area (Å²) in [5.74, 6) is 0.926. The number of hydrogen-bond acceptors (Lipinski definition) is 8. The molecule has 0 radical (unpaired) electrons. The fraction of sp³-hybridized carbons (Fsp3) is 0.567. The first-order valence-electron chi connectivity index (χ1n) is 14.0. The first-order valence-corrected chi connectivity index (χ1v) is 15.5. The molecule has 0 spiro atoms. The second-order valence-electron chi connectivity index (χ2n) is 11.0. The summed E-state index contributed by atoms with van der Waals surface area (Å²) in [4.78, 5) is 13.4. The molecule has 4 rings (SSSR count). The van der Waals surface area contributed by atoms with E-state index in [0.29, 0.717) is 38.6 Å². The molecule has 0 saturated carbocycles. The summed E-state index contributed by atoms with van der Waals surface area (Å²) in [6, 6.07) is 15.4. The highest BCUT2D eigenvalue weighted by molar-refractivity contribution is 7.89. The van der Waals surface area contributed by atoms with Crippen molar-refractivity contribution in [3.63, 3.8) is 0 Å². The van der Waals surface area contributed by atoms with E-state index >= 15 is 0 Å². The van der Waals surface area contributed by atoms with Crippen molar-refractivity contribution in [2.45, 2.75) is 43.4 Å². The van der Waals surface area contributed by atoms with Gasteiger partial charge in [0.15, 0.2) is 0 Å². The Morgan fingerprint density at radius 2 is 1.66 bits per heavy atom. The summed E-state index contributed by atoms with van der Waals surface area (Å²) < 4.78 is 57.2. The molecule has 0 aliphatic carbocycles. The summed E-state index contributed by atoms with van der Waals surface area (Å²) in [5, 5.41) is 2.99. The van der Waals surface area contributed by atoms with Crippen molar-refractivity contribution in [3.8, 4) is 5.75 Å². The van der Waals surface area contributed by atoms with E-state index in [1.54, 1.807) is 12.1 Å². The van der Waals surface area contributed by atoms with Crippen LogP contribution in [0.3, 0.4) is 0 Å². The number of benzene rings is 2. The van der Waals surface area contributed by atoms with Gasteiger partial charge in [-0.15, -0.1) is 0 Å². The van der Waals surface area contributed by atoms with Gasteiger partial charge >= 0.3 is 6.09 Å². The molecule has 5 atom stereocenters. The second-order valence-corrected chi connectivity index (χ2v) is 13.0. The minimum Gasteiger partial charge on any atom is -0.497 e. The normalized spacial score (nSPS) is 22.2. The van der Waals surface area contributed by atoms with Gasteiger partial charge in [-0.2, -0.15) is 4.31 Å². The zero-order valence-corrected chi connectivity index (χ0v) is 25.0. The molecule has 1 amide bonds. The molecular formula is C30H42N2O8S. The molecule has 2 aliphatic rings. The predicted molar refractivity (Wildman–Crippen MR) is 153 cm³/mol. The van der Waals surface area contributed by atoms with E-state index in [0.717, 1.165) is 5.56 Å². The summed E-state index contributed by atoms with van der Waals surface area (Å²) in [6.45, 7) is 6.28. The Kier molecular flexibility index (Phi) is 11.0. The van der Waals surface area contributed by atoms with Gasteiger partial charge in [-0.25, -0.2) is 13.2 Å². The first kappa shape index (κ1) is 31.2. The minimum absolute atomic E-state index is 0.0336. The van der Waals surface area contributed by atoms with Gasteiger partial charge in [0.05, 0.1) is 50.6 Å². The van der Waals surface area contributed by atoms with Gasteiger partial charge in [0.2, 0.25) is 10.0 Å². The van der Waals surface area contributed by atoms with Crippen LogP contribution in [-0.4, -0.2) is 90.8 Å². The Morgan fingerprint density at radius 3 is 2.29 bits per heavy atom. The lowest BCUT2D eigenvalue weighted by Crippen LogP contribution is -2.53. The molecule has 1 N–H and O–H groups in total. The van der Waals surface area contributed by atoms with Gasteiger partial charge in [0.25, 0.3) is 0 Å². The Hall–Kier alpha value is -2.70. The number of alkyl carbamates (subject to hydrolysis) is 1. The molecule has 0 aromatic heterocycles. The van der Waals surface area contributed by atoms with Crippen LogP contribution in [0.5, 0.6) is 5.75 Å². The fourth-order valence-corrected chi connectivity index (χ4v) is 7.00. The van der Waals surface area contributed by atoms with Crippen molar-refractivity contribution in [3.05, 3.63) is 60.2 Å². The van der Waals surface area contributed by atoms with Gasteiger partial charge in [-0.1, -0.05) is 44.2 Å². The zero-order chi connectivity index (χ0) is 29.4. The van der Waals surface area contributed by atoms with Crippen LogP contribution in [0.1, 0.15) is 19.4 Å². The number of nitrogens with zero attached hydrogens (tertiary/aromatic N) is 1. The third kappa shape index (κ3) is 8.20. The molecule has 5 unspecified atom stereocenters. The minimum atomic E-state index is -3.87. The van der Waals surface area contributed by atoms with Crippen molar-refractivity contribution >= 4 is 16.1 Å². The average molecular weight is 591 g/mol. The fourth-order valence-electron chi connectivity index (χ4n) is 5.39. The second kappa shape index (κ2) is 14.5. The average Bonchev–Trinajstić information content (AvgIpc) is 3.45. The van der Waals surface area contributed by atoms with Crippen molar-refractivity contribution in [2.24, 2.45) is 17.8 Å². The van der Waals surface area contributed by atoms with E-state index < -0.39 is 34.4 Å². The number of methoxy groups -OCH3 is 2. The maximum atomic E-state index is 13.8. The zero-order valence-electron chi connectivity index (χ0n) is 24.2. The lowest BCUT2D eigenvalue weighted by atomic mass is 9.89. The van der Waals surface area contributed by atoms with Crippen molar-refractivity contribution in [1.82, 2.24) is 9.62 Å². The number of ether oxygens (including phenoxy) is 5. The lowest BCUT2D eigenvalue weighted by molar-refractivity contribution is -0.0693. The molecule has 41 heavy (non-hydrogen) atoms. The van der Waals surface area contributed by atoms with E-state index in [4.69, 9.17) is 23.7 Å². The number of nitrogens with one attached hydrogen (secondary N) is 1. The Bertz CT molecular complexity index is 1210. The molecule has 2 aliphatic heterocycles. The van der Waals surface area contributed by atoms with Crippen LogP contribution in [0.4, 0.5) is 4.79 Å². The molecule has 2 heterocycles. The van der Waals surface area contributed by atoms with Gasteiger partial charge in [-0.3, -0.25) is 0 Å². The molecular weight excluding hydrogens is 548 g/mol. The molecule has 2 fully saturated rings. The third-order valence-corrected chi connectivity index (χ3v) is 9.45. The number of carbonyl (C=O) groups excluding carboxylic acids is 1. The number of sulfonamides is 1. The van der Waals surface area contributed by atoms with Gasteiger partial charge < -0.3 is 29.0 Å². The van der Waals surface area contributed by atoms with Crippen LogP contribution in [0.2, 0.25) is 0 Å². The molecule has 10 nitrogen and oxygen atoms in total. The highest BCUT2D eigenvalue weighted by atomic mass is 32.2.